The molecule has 138 valence electrons. The quantitative estimate of drug-likeness (QED) is 0.578. The summed E-state index contributed by atoms with van der Waals surface area (Å²) in [4.78, 5) is 20.4. The number of aryl methyl sites for hydroxylation is 2. The van der Waals surface area contributed by atoms with E-state index in [9.17, 15) is 0 Å². The van der Waals surface area contributed by atoms with E-state index in [0.717, 1.165) is 48.9 Å². The van der Waals surface area contributed by atoms with E-state index >= 15 is 0 Å². The van der Waals surface area contributed by atoms with Gasteiger partial charge in [-0.3, -0.25) is 0 Å². The molecule has 5 nitrogen and oxygen atoms in total. The SMILES string of the molecule is Cc1sc2ncnc(N3CC[NH+](Cc4nc5ccccc5s4)CC3)c2c1C. The molecule has 3 aromatic heterocycles. The van der Waals surface area contributed by atoms with Gasteiger partial charge in [0.1, 0.15) is 28.5 Å². The van der Waals surface area contributed by atoms with Crippen LogP contribution in [-0.2, 0) is 6.54 Å². The number of para-hydroxylation sites is 1. The standard InChI is InChI=1S/C20H21N5S2/c1-13-14(2)26-20-18(13)19(21-12-22-20)25-9-7-24(8-10-25)11-17-23-15-5-3-4-6-16(15)27-17/h3-6,12H,7-11H2,1-2H3/p+1. The minimum Gasteiger partial charge on any atom is -0.345 e. The van der Waals surface area contributed by atoms with Gasteiger partial charge >= 0.3 is 0 Å². The molecule has 4 heterocycles. The number of piperazine rings is 1. The average Bonchev–Trinajstić information content (AvgIpc) is 3.22. The molecule has 4 aromatic rings. The van der Waals surface area contributed by atoms with Crippen LogP contribution >= 0.6 is 22.7 Å². The molecule has 0 atom stereocenters. The summed E-state index contributed by atoms with van der Waals surface area (Å²) in [5.74, 6) is 1.11. The molecule has 27 heavy (non-hydrogen) atoms. The number of fused-ring (bicyclic) bond motifs is 2. The summed E-state index contributed by atoms with van der Waals surface area (Å²) in [6, 6.07) is 8.42. The van der Waals surface area contributed by atoms with E-state index in [0.29, 0.717) is 0 Å². The third kappa shape index (κ3) is 3.09. The van der Waals surface area contributed by atoms with Gasteiger partial charge in [0, 0.05) is 4.88 Å². The number of hydrogen-bond acceptors (Lipinski definition) is 6. The number of rotatable bonds is 3. The van der Waals surface area contributed by atoms with E-state index in [2.05, 4.69) is 53.0 Å². The number of hydrogen-bond donors (Lipinski definition) is 1. The van der Waals surface area contributed by atoms with Crippen LogP contribution < -0.4 is 9.80 Å². The van der Waals surface area contributed by atoms with Crippen molar-refractivity contribution < 1.29 is 4.90 Å². The van der Waals surface area contributed by atoms with Gasteiger partial charge in [0.2, 0.25) is 0 Å². The molecule has 0 aliphatic carbocycles. The summed E-state index contributed by atoms with van der Waals surface area (Å²) >= 11 is 3.60. The molecule has 7 heteroatoms. The highest BCUT2D eigenvalue weighted by atomic mass is 32.1. The smallest absolute Gasteiger partial charge is 0.148 e. The summed E-state index contributed by atoms with van der Waals surface area (Å²) in [7, 11) is 0. The Bertz CT molecular complexity index is 1080. The highest BCUT2D eigenvalue weighted by molar-refractivity contribution is 7.19. The largest absolute Gasteiger partial charge is 0.345 e. The zero-order valence-corrected chi connectivity index (χ0v) is 17.2. The molecule has 0 unspecified atom stereocenters. The zero-order valence-electron chi connectivity index (χ0n) is 15.5. The molecule has 0 spiro atoms. The van der Waals surface area contributed by atoms with Crippen molar-refractivity contribution in [2.75, 3.05) is 31.1 Å². The predicted molar refractivity (Wildman–Crippen MR) is 113 cm³/mol. The Labute approximate surface area is 166 Å². The van der Waals surface area contributed by atoms with Gasteiger partial charge in [0.15, 0.2) is 0 Å². The number of thiazole rings is 1. The molecule has 1 aromatic carbocycles. The van der Waals surface area contributed by atoms with Crippen LogP contribution in [0.15, 0.2) is 30.6 Å². The van der Waals surface area contributed by atoms with Crippen LogP contribution in [0.5, 0.6) is 0 Å². The Balaban J connectivity index is 1.32. The molecule has 0 bridgehead atoms. The van der Waals surface area contributed by atoms with Crippen molar-refractivity contribution in [1.29, 1.82) is 0 Å². The van der Waals surface area contributed by atoms with Gasteiger partial charge < -0.3 is 9.80 Å². The maximum atomic E-state index is 4.80. The fourth-order valence-electron chi connectivity index (χ4n) is 3.82. The molecular weight excluding hydrogens is 374 g/mol. The number of nitrogens with zero attached hydrogens (tertiary/aromatic N) is 4. The molecule has 1 aliphatic heterocycles. The van der Waals surface area contributed by atoms with Crippen LogP contribution in [0.3, 0.4) is 0 Å². The van der Waals surface area contributed by atoms with Crippen LogP contribution in [0.25, 0.3) is 20.4 Å². The summed E-state index contributed by atoms with van der Waals surface area (Å²) in [5, 5.41) is 2.49. The van der Waals surface area contributed by atoms with E-state index in [4.69, 9.17) is 4.98 Å². The van der Waals surface area contributed by atoms with E-state index in [1.807, 2.05) is 11.3 Å². The first-order chi connectivity index (χ1) is 13.2. The van der Waals surface area contributed by atoms with Crippen LogP contribution in [0, 0.1) is 13.8 Å². The lowest BCUT2D eigenvalue weighted by Crippen LogP contribution is -3.13. The summed E-state index contributed by atoms with van der Waals surface area (Å²) in [6.45, 7) is 9.67. The van der Waals surface area contributed by atoms with Crippen molar-refractivity contribution >= 4 is 48.9 Å². The minimum absolute atomic E-state index is 1.02. The lowest BCUT2D eigenvalue weighted by Gasteiger charge is -2.32. The first kappa shape index (κ1) is 17.0. The summed E-state index contributed by atoms with van der Waals surface area (Å²) in [5.41, 5.74) is 2.46. The van der Waals surface area contributed by atoms with Gasteiger partial charge in [-0.25, -0.2) is 15.0 Å². The lowest BCUT2D eigenvalue weighted by atomic mass is 10.2. The van der Waals surface area contributed by atoms with Crippen molar-refractivity contribution in [3.05, 3.63) is 46.0 Å². The van der Waals surface area contributed by atoms with Crippen LogP contribution in [0.2, 0.25) is 0 Å². The van der Waals surface area contributed by atoms with Crippen LogP contribution in [0.4, 0.5) is 5.82 Å². The Hall–Kier alpha value is -2.09. The number of anilines is 1. The molecule has 0 amide bonds. The van der Waals surface area contributed by atoms with Gasteiger partial charge in [-0.15, -0.1) is 22.7 Å². The van der Waals surface area contributed by atoms with E-state index in [-0.39, 0.29) is 0 Å². The third-order valence-electron chi connectivity index (χ3n) is 5.45. The maximum absolute atomic E-state index is 4.80. The van der Waals surface area contributed by atoms with Gasteiger partial charge in [-0.05, 0) is 31.5 Å². The molecule has 0 saturated carbocycles. The number of quaternary nitrogens is 1. The van der Waals surface area contributed by atoms with Crippen LogP contribution in [-0.4, -0.2) is 41.1 Å². The molecule has 0 radical (unpaired) electrons. The Morgan fingerprint density at radius 1 is 1.07 bits per heavy atom. The second-order valence-corrected chi connectivity index (χ2v) is 9.47. The first-order valence-corrected chi connectivity index (χ1v) is 11.0. The molecular formula is C20H22N5S2+. The molecule has 1 saturated heterocycles. The monoisotopic (exact) mass is 396 g/mol. The van der Waals surface area contributed by atoms with Crippen molar-refractivity contribution in [3.8, 4) is 0 Å². The van der Waals surface area contributed by atoms with E-state index in [1.54, 1.807) is 22.6 Å². The Morgan fingerprint density at radius 2 is 1.89 bits per heavy atom. The second kappa shape index (κ2) is 6.82. The fraction of sp³-hybridized carbons (Fsp3) is 0.350. The lowest BCUT2D eigenvalue weighted by molar-refractivity contribution is -0.914. The third-order valence-corrected chi connectivity index (χ3v) is 7.61. The number of benzene rings is 1. The highest BCUT2D eigenvalue weighted by Gasteiger charge is 2.25. The number of aromatic nitrogens is 3. The number of nitrogens with one attached hydrogen (secondary N) is 1. The van der Waals surface area contributed by atoms with E-state index in [1.165, 1.54) is 25.5 Å². The highest BCUT2D eigenvalue weighted by Crippen LogP contribution is 2.34. The predicted octanol–water partition coefficient (Wildman–Crippen LogP) is 2.82. The van der Waals surface area contributed by atoms with Crippen molar-refractivity contribution in [1.82, 2.24) is 15.0 Å². The first-order valence-electron chi connectivity index (χ1n) is 9.32. The molecule has 1 aliphatic rings. The summed E-state index contributed by atoms with van der Waals surface area (Å²) in [6.07, 6.45) is 1.72. The van der Waals surface area contributed by atoms with Gasteiger partial charge in [-0.1, -0.05) is 12.1 Å². The van der Waals surface area contributed by atoms with E-state index < -0.39 is 0 Å². The van der Waals surface area contributed by atoms with Crippen molar-refractivity contribution in [3.63, 3.8) is 0 Å². The topological polar surface area (TPSA) is 46.4 Å². The normalized spacial score (nSPS) is 15.9. The Morgan fingerprint density at radius 3 is 2.70 bits per heavy atom. The van der Waals surface area contributed by atoms with Crippen LogP contribution in [0.1, 0.15) is 15.4 Å². The van der Waals surface area contributed by atoms with Gasteiger partial charge in [-0.2, -0.15) is 0 Å². The van der Waals surface area contributed by atoms with Gasteiger partial charge in [0.05, 0.1) is 41.8 Å². The summed E-state index contributed by atoms with van der Waals surface area (Å²) < 4.78 is 1.29. The molecule has 1 fully saturated rings. The Kier molecular flexibility index (Phi) is 4.30. The zero-order chi connectivity index (χ0) is 18.4. The van der Waals surface area contributed by atoms with Gasteiger partial charge in [0.25, 0.3) is 0 Å². The number of thiophene rings is 1. The van der Waals surface area contributed by atoms with Crippen molar-refractivity contribution in [2.45, 2.75) is 20.4 Å². The second-order valence-electron chi connectivity index (χ2n) is 7.15. The minimum atomic E-state index is 1.02. The van der Waals surface area contributed by atoms with Crippen molar-refractivity contribution in [2.24, 2.45) is 0 Å². The molecule has 1 N–H and O–H groups in total. The maximum Gasteiger partial charge on any atom is 0.148 e. The molecule has 5 rings (SSSR count). The fourth-order valence-corrected chi connectivity index (χ4v) is 5.85. The average molecular weight is 397 g/mol.